The molecule has 1 heterocycles. The van der Waals surface area contributed by atoms with Gasteiger partial charge in [-0.15, -0.1) is 0 Å². The molecule has 0 spiro atoms. The average Bonchev–Trinajstić information content (AvgIpc) is 2.25. The lowest BCUT2D eigenvalue weighted by Crippen LogP contribution is -1.86. The lowest BCUT2D eigenvalue weighted by molar-refractivity contribution is 0.582. The van der Waals surface area contributed by atoms with E-state index in [4.69, 9.17) is 0 Å². The van der Waals surface area contributed by atoms with Gasteiger partial charge in [0.1, 0.15) is 17.3 Å². The summed E-state index contributed by atoms with van der Waals surface area (Å²) in [5, 5.41) is 0. The second-order valence-electron chi connectivity index (χ2n) is 3.57. The monoisotopic (exact) mass is 229 g/mol. The summed E-state index contributed by atoms with van der Waals surface area (Å²) in [5.41, 5.74) is 1.72. The van der Waals surface area contributed by atoms with E-state index in [9.17, 15) is 8.78 Å². The van der Waals surface area contributed by atoms with E-state index in [1.165, 1.54) is 12.1 Å². The number of nitrogens with zero attached hydrogens (tertiary/aromatic N) is 1. The van der Waals surface area contributed by atoms with E-state index < -0.39 is 11.6 Å². The van der Waals surface area contributed by atoms with Crippen LogP contribution in [0.1, 0.15) is 17.0 Å². The van der Waals surface area contributed by atoms with Gasteiger partial charge in [-0.3, -0.25) is 0 Å². The number of pyridine rings is 1. The molecule has 1 aromatic carbocycles. The van der Waals surface area contributed by atoms with Crippen LogP contribution in [0.3, 0.4) is 0 Å². The minimum absolute atomic E-state index is 0.297. The predicted molar refractivity (Wildman–Crippen MR) is 61.3 cm³/mol. The molecule has 0 aliphatic carbocycles. The van der Waals surface area contributed by atoms with Crippen LogP contribution in [-0.4, -0.2) is 4.98 Å². The highest BCUT2D eigenvalue weighted by Crippen LogP contribution is 2.06. The first kappa shape index (κ1) is 11.3. The topological polar surface area (TPSA) is 12.9 Å². The maximum Gasteiger partial charge on any atom is 0.127 e. The molecule has 0 bridgehead atoms. The highest BCUT2D eigenvalue weighted by atomic mass is 19.1. The highest BCUT2D eigenvalue weighted by molar-refractivity contribution is 5.40. The highest BCUT2D eigenvalue weighted by Gasteiger charge is 1.97. The normalized spacial score (nSPS) is 9.59. The van der Waals surface area contributed by atoms with Gasteiger partial charge in [0.2, 0.25) is 0 Å². The van der Waals surface area contributed by atoms with Crippen molar-refractivity contribution < 1.29 is 8.78 Å². The molecule has 0 saturated heterocycles. The van der Waals surface area contributed by atoms with Crippen molar-refractivity contribution in [2.24, 2.45) is 0 Å². The van der Waals surface area contributed by atoms with Crippen molar-refractivity contribution >= 4 is 0 Å². The van der Waals surface area contributed by atoms with Crippen LogP contribution in [0.15, 0.2) is 36.4 Å². The number of hydrogen-bond acceptors (Lipinski definition) is 1. The fourth-order valence-electron chi connectivity index (χ4n) is 1.37. The number of rotatable bonds is 0. The zero-order valence-corrected chi connectivity index (χ0v) is 9.17. The molecule has 84 valence electrons. The summed E-state index contributed by atoms with van der Waals surface area (Å²) in [7, 11) is 0. The predicted octanol–water partition coefficient (Wildman–Crippen LogP) is 3.07. The number of aryl methyl sites for hydroxylation is 1. The van der Waals surface area contributed by atoms with Gasteiger partial charge in [0, 0.05) is 17.3 Å². The minimum Gasteiger partial charge on any atom is -0.245 e. The average molecular weight is 229 g/mol. The van der Waals surface area contributed by atoms with Gasteiger partial charge < -0.3 is 0 Å². The number of halogens is 2. The van der Waals surface area contributed by atoms with Crippen molar-refractivity contribution in [2.45, 2.75) is 6.92 Å². The molecule has 17 heavy (non-hydrogen) atoms. The molecule has 0 saturated carbocycles. The fraction of sp³-hybridized carbons (Fsp3) is 0.0714. The van der Waals surface area contributed by atoms with Gasteiger partial charge in [-0.25, -0.2) is 13.8 Å². The lowest BCUT2D eigenvalue weighted by Gasteiger charge is -1.93. The molecule has 1 aromatic heterocycles. The van der Waals surface area contributed by atoms with Gasteiger partial charge >= 0.3 is 0 Å². The van der Waals surface area contributed by atoms with Crippen LogP contribution in [0.4, 0.5) is 8.78 Å². The first-order chi connectivity index (χ1) is 8.13. The van der Waals surface area contributed by atoms with E-state index in [1.54, 1.807) is 6.07 Å². The summed E-state index contributed by atoms with van der Waals surface area (Å²) < 4.78 is 25.8. The lowest BCUT2D eigenvalue weighted by atomic mass is 10.2. The van der Waals surface area contributed by atoms with Gasteiger partial charge in [0.05, 0.1) is 0 Å². The Morgan fingerprint density at radius 3 is 2.35 bits per heavy atom. The van der Waals surface area contributed by atoms with Gasteiger partial charge in [0.25, 0.3) is 0 Å². The zero-order chi connectivity index (χ0) is 12.3. The number of aromatic nitrogens is 1. The smallest absolute Gasteiger partial charge is 0.127 e. The van der Waals surface area contributed by atoms with E-state index in [2.05, 4.69) is 16.8 Å². The Kier molecular flexibility index (Phi) is 3.15. The van der Waals surface area contributed by atoms with E-state index >= 15 is 0 Å². The third-order valence-electron chi connectivity index (χ3n) is 2.09. The van der Waals surface area contributed by atoms with Crippen LogP contribution in [0.5, 0.6) is 0 Å². The third kappa shape index (κ3) is 3.12. The fourth-order valence-corrected chi connectivity index (χ4v) is 1.37. The maximum absolute atomic E-state index is 12.9. The Bertz CT molecular complexity index is 589. The van der Waals surface area contributed by atoms with Crippen LogP contribution in [0.25, 0.3) is 0 Å². The molecule has 0 aliphatic heterocycles. The SMILES string of the molecule is Cc1cccc(C#Cc2cc(F)cc(F)c2)n1. The summed E-state index contributed by atoms with van der Waals surface area (Å²) in [4.78, 5) is 4.17. The van der Waals surface area contributed by atoms with E-state index in [1.807, 2.05) is 19.1 Å². The largest absolute Gasteiger partial charge is 0.245 e. The molecular weight excluding hydrogens is 220 g/mol. The van der Waals surface area contributed by atoms with Crippen molar-refractivity contribution in [3.05, 3.63) is 65.0 Å². The van der Waals surface area contributed by atoms with Gasteiger partial charge in [-0.1, -0.05) is 12.0 Å². The summed E-state index contributed by atoms with van der Waals surface area (Å²) in [5.74, 6) is 4.17. The molecule has 0 amide bonds. The number of hydrogen-bond donors (Lipinski definition) is 0. The quantitative estimate of drug-likeness (QED) is 0.633. The van der Waals surface area contributed by atoms with E-state index in [0.717, 1.165) is 11.8 Å². The first-order valence-corrected chi connectivity index (χ1v) is 5.05. The molecule has 0 fully saturated rings. The summed E-state index contributed by atoms with van der Waals surface area (Å²) in [6.45, 7) is 1.85. The molecule has 3 heteroatoms. The Hall–Kier alpha value is -2.21. The molecule has 2 aromatic rings. The Labute approximate surface area is 98.1 Å². The van der Waals surface area contributed by atoms with Crippen molar-refractivity contribution in [2.75, 3.05) is 0 Å². The Balaban J connectivity index is 2.32. The minimum atomic E-state index is -0.633. The van der Waals surface area contributed by atoms with Crippen molar-refractivity contribution in [1.29, 1.82) is 0 Å². The first-order valence-electron chi connectivity index (χ1n) is 5.05. The van der Waals surface area contributed by atoms with Crippen molar-refractivity contribution in [3.8, 4) is 11.8 Å². The van der Waals surface area contributed by atoms with E-state index in [-0.39, 0.29) is 0 Å². The molecule has 2 rings (SSSR count). The van der Waals surface area contributed by atoms with Crippen LogP contribution < -0.4 is 0 Å². The van der Waals surface area contributed by atoms with Gasteiger partial charge in [-0.2, -0.15) is 0 Å². The zero-order valence-electron chi connectivity index (χ0n) is 9.17. The maximum atomic E-state index is 12.9. The summed E-state index contributed by atoms with van der Waals surface area (Å²) in [6.07, 6.45) is 0. The molecular formula is C14H9F2N. The number of benzene rings is 1. The third-order valence-corrected chi connectivity index (χ3v) is 2.09. The van der Waals surface area contributed by atoms with Crippen LogP contribution in [-0.2, 0) is 0 Å². The molecule has 0 aliphatic rings. The second kappa shape index (κ2) is 4.75. The van der Waals surface area contributed by atoms with Crippen LogP contribution >= 0.6 is 0 Å². The molecule has 1 nitrogen and oxygen atoms in total. The Morgan fingerprint density at radius 1 is 1.00 bits per heavy atom. The van der Waals surface area contributed by atoms with E-state index in [0.29, 0.717) is 11.3 Å². The van der Waals surface area contributed by atoms with Crippen molar-refractivity contribution in [3.63, 3.8) is 0 Å². The van der Waals surface area contributed by atoms with Crippen LogP contribution in [0, 0.1) is 30.4 Å². The van der Waals surface area contributed by atoms with Crippen LogP contribution in [0.2, 0.25) is 0 Å². The standard InChI is InChI=1S/C14H9F2N/c1-10-3-2-4-14(17-10)6-5-11-7-12(15)9-13(16)8-11/h2-4,7-9H,1H3. The summed E-state index contributed by atoms with van der Waals surface area (Å²) in [6, 6.07) is 8.62. The van der Waals surface area contributed by atoms with Gasteiger partial charge in [-0.05, 0) is 37.1 Å². The molecule has 0 unspecified atom stereocenters. The molecule has 0 atom stereocenters. The van der Waals surface area contributed by atoms with Gasteiger partial charge in [0.15, 0.2) is 0 Å². The second-order valence-corrected chi connectivity index (χ2v) is 3.57. The Morgan fingerprint density at radius 2 is 1.71 bits per heavy atom. The molecule has 0 N–H and O–H groups in total. The summed E-state index contributed by atoms with van der Waals surface area (Å²) >= 11 is 0. The van der Waals surface area contributed by atoms with Crippen molar-refractivity contribution in [1.82, 2.24) is 4.98 Å². The molecule has 0 radical (unpaired) electrons.